The van der Waals surface area contributed by atoms with E-state index in [2.05, 4.69) is 28.5 Å². The second kappa shape index (κ2) is 8.51. The van der Waals surface area contributed by atoms with Gasteiger partial charge in [-0.25, -0.2) is 9.18 Å². The smallest absolute Gasteiger partial charge is 0.317 e. The van der Waals surface area contributed by atoms with Gasteiger partial charge < -0.3 is 15.0 Å². The van der Waals surface area contributed by atoms with Gasteiger partial charge in [0.15, 0.2) is 0 Å². The number of aromatic nitrogens is 1. The molecule has 1 aromatic heterocycles. The van der Waals surface area contributed by atoms with Crippen LogP contribution in [0.3, 0.4) is 0 Å². The summed E-state index contributed by atoms with van der Waals surface area (Å²) in [7, 11) is 0. The number of para-hydroxylation sites is 1. The maximum absolute atomic E-state index is 13.8. The number of hydrogen-bond donors (Lipinski definition) is 1. The molecule has 0 aliphatic carbocycles. The summed E-state index contributed by atoms with van der Waals surface area (Å²) in [5.74, 6) is -0.332. The largest absolute Gasteiger partial charge is 0.467 e. The maximum Gasteiger partial charge on any atom is 0.317 e. The molecule has 0 spiro atoms. The van der Waals surface area contributed by atoms with Gasteiger partial charge in [0.25, 0.3) is 5.19 Å². The molecule has 0 saturated carbocycles. The topological polar surface area (TPSA) is 54.5 Å². The van der Waals surface area contributed by atoms with Crippen molar-refractivity contribution in [1.29, 1.82) is 0 Å². The fraction of sp³-hybridized carbons (Fsp3) is 0.250. The number of halogens is 1. The lowest BCUT2D eigenvalue weighted by atomic mass is 10.0. The Balaban J connectivity index is 1.15. The predicted octanol–water partition coefficient (Wildman–Crippen LogP) is 5.34. The number of carbonyl (C=O) groups is 1. The Morgan fingerprint density at radius 2 is 1.87 bits per heavy atom. The molecule has 5 nitrogen and oxygen atoms in total. The number of hydrogen-bond acceptors (Lipinski definition) is 4. The average molecular weight is 436 g/mol. The third-order valence-electron chi connectivity index (χ3n) is 5.66. The van der Waals surface area contributed by atoms with Crippen molar-refractivity contribution in [1.82, 2.24) is 15.2 Å². The molecule has 1 aliphatic rings. The fourth-order valence-corrected chi connectivity index (χ4v) is 4.89. The molecule has 3 aromatic carbocycles. The third-order valence-corrected chi connectivity index (χ3v) is 6.57. The number of likely N-dealkylation sites (tertiary alicyclic amines) is 1. The van der Waals surface area contributed by atoms with E-state index in [0.29, 0.717) is 30.3 Å². The normalized spacial score (nSPS) is 14.8. The van der Waals surface area contributed by atoms with Crippen LogP contribution in [0.15, 0.2) is 60.7 Å². The number of nitrogens with zero attached hydrogens (tertiary/aromatic N) is 2. The molecule has 1 fully saturated rings. The number of piperidine rings is 1. The summed E-state index contributed by atoms with van der Waals surface area (Å²) in [6, 6.07) is 19.2. The van der Waals surface area contributed by atoms with Gasteiger partial charge in [-0.1, -0.05) is 59.9 Å². The Morgan fingerprint density at radius 1 is 1.10 bits per heavy atom. The summed E-state index contributed by atoms with van der Waals surface area (Å²) in [4.78, 5) is 18.7. The van der Waals surface area contributed by atoms with E-state index in [-0.39, 0.29) is 18.0 Å². The number of rotatable bonds is 4. The Morgan fingerprint density at radius 3 is 2.71 bits per heavy atom. The highest BCUT2D eigenvalue weighted by Gasteiger charge is 2.25. The predicted molar refractivity (Wildman–Crippen MR) is 121 cm³/mol. The van der Waals surface area contributed by atoms with Gasteiger partial charge in [-0.05, 0) is 28.5 Å². The standard InChI is InChI=1S/C24H22FN3O2S/c25-20-9-4-10-21-22(20)27-24(31-21)30-18-11-13-28(14-12-18)23(29)26-15-17-7-3-6-16-5-1-2-8-19(16)17/h1-10,18H,11-15H2,(H,26,29). The zero-order chi connectivity index (χ0) is 21.2. The van der Waals surface area contributed by atoms with E-state index < -0.39 is 0 Å². The average Bonchev–Trinajstić information content (AvgIpc) is 3.22. The van der Waals surface area contributed by atoms with Crippen LogP contribution in [-0.2, 0) is 6.54 Å². The molecule has 158 valence electrons. The molecule has 0 bridgehead atoms. The van der Waals surface area contributed by atoms with Gasteiger partial charge in [-0.3, -0.25) is 0 Å². The van der Waals surface area contributed by atoms with E-state index >= 15 is 0 Å². The van der Waals surface area contributed by atoms with Crippen molar-refractivity contribution in [3.8, 4) is 5.19 Å². The molecular formula is C24H22FN3O2S. The monoisotopic (exact) mass is 435 g/mol. The molecule has 31 heavy (non-hydrogen) atoms. The van der Waals surface area contributed by atoms with E-state index in [4.69, 9.17) is 4.74 Å². The molecule has 1 N–H and O–H groups in total. The van der Waals surface area contributed by atoms with Crippen molar-refractivity contribution in [3.63, 3.8) is 0 Å². The van der Waals surface area contributed by atoms with Crippen LogP contribution >= 0.6 is 11.3 Å². The van der Waals surface area contributed by atoms with Crippen LogP contribution < -0.4 is 10.1 Å². The summed E-state index contributed by atoms with van der Waals surface area (Å²) in [6.07, 6.45) is 1.42. The van der Waals surface area contributed by atoms with Gasteiger partial charge in [0.05, 0.1) is 4.70 Å². The molecule has 4 aromatic rings. The molecule has 1 aliphatic heterocycles. The van der Waals surface area contributed by atoms with Crippen LogP contribution in [0.5, 0.6) is 5.19 Å². The van der Waals surface area contributed by atoms with Crippen molar-refractivity contribution in [3.05, 3.63) is 72.0 Å². The number of carbonyl (C=O) groups excluding carboxylic acids is 1. The van der Waals surface area contributed by atoms with Gasteiger partial charge in [0.1, 0.15) is 17.4 Å². The van der Waals surface area contributed by atoms with E-state index in [1.165, 1.54) is 22.8 Å². The van der Waals surface area contributed by atoms with Crippen molar-refractivity contribution in [2.45, 2.75) is 25.5 Å². The molecule has 0 radical (unpaired) electrons. The number of ether oxygens (including phenoxy) is 1. The molecule has 2 amide bonds. The summed E-state index contributed by atoms with van der Waals surface area (Å²) in [5.41, 5.74) is 1.46. The summed E-state index contributed by atoms with van der Waals surface area (Å²) >= 11 is 1.35. The molecule has 1 saturated heterocycles. The zero-order valence-corrected chi connectivity index (χ0v) is 17.7. The lowest BCUT2D eigenvalue weighted by Crippen LogP contribution is -2.46. The first-order valence-corrected chi connectivity index (χ1v) is 11.2. The second-order valence-corrected chi connectivity index (χ2v) is 8.66. The van der Waals surface area contributed by atoms with E-state index in [9.17, 15) is 9.18 Å². The van der Waals surface area contributed by atoms with E-state index in [1.807, 2.05) is 35.2 Å². The second-order valence-electron chi connectivity index (χ2n) is 7.67. The van der Waals surface area contributed by atoms with Crippen LogP contribution in [0.4, 0.5) is 9.18 Å². The molecule has 5 rings (SSSR count). The van der Waals surface area contributed by atoms with E-state index in [0.717, 1.165) is 28.5 Å². The van der Waals surface area contributed by atoms with Gasteiger partial charge >= 0.3 is 6.03 Å². The zero-order valence-electron chi connectivity index (χ0n) is 16.9. The number of fused-ring (bicyclic) bond motifs is 2. The van der Waals surface area contributed by atoms with E-state index in [1.54, 1.807) is 6.07 Å². The SMILES string of the molecule is O=C(NCc1cccc2ccccc12)N1CCC(Oc2nc3c(F)cccc3s2)CC1. The Hall–Kier alpha value is -3.19. The quantitative estimate of drug-likeness (QED) is 0.471. The summed E-state index contributed by atoms with van der Waals surface area (Å²) < 4.78 is 20.6. The van der Waals surface area contributed by atoms with Crippen LogP contribution in [0.1, 0.15) is 18.4 Å². The summed E-state index contributed by atoms with van der Waals surface area (Å²) in [5, 5.41) is 5.85. The molecule has 2 heterocycles. The van der Waals surface area contributed by atoms with Gasteiger partial charge in [-0.2, -0.15) is 4.98 Å². The molecule has 0 atom stereocenters. The van der Waals surface area contributed by atoms with Gasteiger partial charge in [0, 0.05) is 32.5 Å². The maximum atomic E-state index is 13.8. The lowest BCUT2D eigenvalue weighted by molar-refractivity contribution is 0.111. The van der Waals surface area contributed by atoms with Crippen LogP contribution in [0.25, 0.3) is 21.0 Å². The third kappa shape index (κ3) is 4.18. The van der Waals surface area contributed by atoms with Crippen LogP contribution in [-0.4, -0.2) is 35.1 Å². The Bertz CT molecular complexity index is 1230. The highest BCUT2D eigenvalue weighted by atomic mass is 32.1. The van der Waals surface area contributed by atoms with Crippen LogP contribution in [0, 0.1) is 5.82 Å². The first-order valence-electron chi connectivity index (χ1n) is 10.4. The minimum absolute atomic E-state index is 0.0225. The van der Waals surface area contributed by atoms with Crippen molar-refractivity contribution in [2.24, 2.45) is 0 Å². The number of thiazole rings is 1. The molecular weight excluding hydrogens is 413 g/mol. The summed E-state index contributed by atoms with van der Waals surface area (Å²) in [6.45, 7) is 1.73. The first-order chi connectivity index (χ1) is 15.2. The van der Waals surface area contributed by atoms with Gasteiger partial charge in [0.2, 0.25) is 0 Å². The number of benzene rings is 3. The van der Waals surface area contributed by atoms with Crippen molar-refractivity contribution < 1.29 is 13.9 Å². The Labute approximate surface area is 183 Å². The number of nitrogens with one attached hydrogen (secondary N) is 1. The molecule has 0 unspecified atom stereocenters. The van der Waals surface area contributed by atoms with Crippen LogP contribution in [0.2, 0.25) is 0 Å². The minimum Gasteiger partial charge on any atom is -0.467 e. The highest BCUT2D eigenvalue weighted by Crippen LogP contribution is 2.31. The van der Waals surface area contributed by atoms with Crippen molar-refractivity contribution in [2.75, 3.05) is 13.1 Å². The lowest BCUT2D eigenvalue weighted by Gasteiger charge is -2.31. The number of urea groups is 1. The molecule has 7 heteroatoms. The van der Waals surface area contributed by atoms with Crippen molar-refractivity contribution >= 4 is 38.4 Å². The number of amides is 2. The first kappa shape index (κ1) is 19.8. The minimum atomic E-state index is -0.332. The fourth-order valence-electron chi connectivity index (χ4n) is 3.99. The Kier molecular flexibility index (Phi) is 5.42. The highest BCUT2D eigenvalue weighted by molar-refractivity contribution is 7.20. The van der Waals surface area contributed by atoms with Gasteiger partial charge in [-0.15, -0.1) is 0 Å².